The minimum Gasteiger partial charge on any atom is -0.396 e. The monoisotopic (exact) mass is 263 g/mol. The van der Waals surface area contributed by atoms with Gasteiger partial charge in [0.15, 0.2) is 0 Å². The number of hydrogen-bond acceptors (Lipinski definition) is 2. The van der Waals surface area contributed by atoms with Crippen LogP contribution in [0.2, 0.25) is 0 Å². The van der Waals surface area contributed by atoms with Crippen molar-refractivity contribution in [2.75, 3.05) is 13.2 Å². The summed E-state index contributed by atoms with van der Waals surface area (Å²) in [4.78, 5) is 0. The molecule has 0 bridgehead atoms. The number of hydrogen-bond donors (Lipinski definition) is 2. The summed E-state index contributed by atoms with van der Waals surface area (Å²) in [6, 6.07) is 11.1. The smallest absolute Gasteiger partial charge is 0.0436 e. The molecule has 0 aromatic heterocycles. The molecule has 1 rings (SSSR count). The maximum Gasteiger partial charge on any atom is 0.0436 e. The summed E-state index contributed by atoms with van der Waals surface area (Å²) in [7, 11) is 0. The molecular weight excluding hydrogens is 234 g/mol. The zero-order valence-corrected chi connectivity index (χ0v) is 12.7. The lowest BCUT2D eigenvalue weighted by Crippen LogP contribution is -2.33. The maximum atomic E-state index is 9.10. The second-order valence-electron chi connectivity index (χ2n) is 6.12. The summed E-state index contributed by atoms with van der Waals surface area (Å²) in [6.07, 6.45) is 4.49. The highest BCUT2D eigenvalue weighted by Crippen LogP contribution is 2.23. The van der Waals surface area contributed by atoms with Gasteiger partial charge in [0.2, 0.25) is 0 Å². The molecule has 2 nitrogen and oxygen atoms in total. The van der Waals surface area contributed by atoms with Crippen LogP contribution in [0.5, 0.6) is 0 Å². The van der Waals surface area contributed by atoms with Gasteiger partial charge in [-0.15, -0.1) is 0 Å². The van der Waals surface area contributed by atoms with Gasteiger partial charge in [0.05, 0.1) is 0 Å². The van der Waals surface area contributed by atoms with Gasteiger partial charge in [0.25, 0.3) is 0 Å². The van der Waals surface area contributed by atoms with Crippen LogP contribution in [0.1, 0.15) is 58.1 Å². The first-order valence-electron chi connectivity index (χ1n) is 7.48. The highest BCUT2D eigenvalue weighted by molar-refractivity contribution is 5.18. The molecule has 0 aliphatic carbocycles. The van der Waals surface area contributed by atoms with Gasteiger partial charge < -0.3 is 10.4 Å². The fourth-order valence-corrected chi connectivity index (χ4v) is 2.27. The number of aliphatic hydroxyl groups is 1. The molecular formula is C17H29NO. The number of rotatable bonds is 9. The molecule has 19 heavy (non-hydrogen) atoms. The summed E-state index contributed by atoms with van der Waals surface area (Å²) < 4.78 is 0. The Morgan fingerprint density at radius 3 is 2.47 bits per heavy atom. The Hall–Kier alpha value is -0.860. The quantitative estimate of drug-likeness (QED) is 0.708. The van der Waals surface area contributed by atoms with E-state index in [1.54, 1.807) is 0 Å². The molecule has 1 unspecified atom stereocenters. The Balaban J connectivity index is 2.60. The molecule has 1 atom stereocenters. The van der Waals surface area contributed by atoms with Crippen LogP contribution in [0.25, 0.3) is 0 Å². The van der Waals surface area contributed by atoms with E-state index in [1.807, 2.05) is 0 Å². The van der Waals surface area contributed by atoms with Crippen molar-refractivity contribution in [1.82, 2.24) is 5.32 Å². The van der Waals surface area contributed by atoms with Crippen molar-refractivity contribution >= 4 is 0 Å². The Morgan fingerprint density at radius 1 is 1.21 bits per heavy atom. The van der Waals surface area contributed by atoms with Crippen molar-refractivity contribution < 1.29 is 5.11 Å². The zero-order valence-electron chi connectivity index (χ0n) is 12.7. The van der Waals surface area contributed by atoms with Gasteiger partial charge in [0.1, 0.15) is 0 Å². The van der Waals surface area contributed by atoms with Crippen LogP contribution in [0.4, 0.5) is 0 Å². The van der Waals surface area contributed by atoms with Crippen LogP contribution in [-0.2, 0) is 0 Å². The Morgan fingerprint density at radius 2 is 1.89 bits per heavy atom. The molecule has 0 radical (unpaired) electrons. The summed E-state index contributed by atoms with van der Waals surface area (Å²) in [5.41, 5.74) is 1.52. The number of unbranched alkanes of at least 4 members (excludes halogenated alkanes) is 1. The highest BCUT2D eigenvalue weighted by atomic mass is 16.3. The molecule has 0 heterocycles. The first kappa shape index (κ1) is 16.2. The van der Waals surface area contributed by atoms with Crippen LogP contribution < -0.4 is 5.32 Å². The standard InChI is InChI=1S/C17H29NO/c1-4-5-11-16(15-9-7-6-8-10-15)18-14-17(2,3)12-13-19/h6-10,16,18-19H,4-5,11-14H2,1-3H3. The van der Waals surface area contributed by atoms with Gasteiger partial charge in [-0.2, -0.15) is 0 Å². The van der Waals surface area contributed by atoms with E-state index in [2.05, 4.69) is 56.4 Å². The Labute approximate surface area is 118 Å². The van der Waals surface area contributed by atoms with Gasteiger partial charge >= 0.3 is 0 Å². The molecule has 1 aromatic carbocycles. The average molecular weight is 263 g/mol. The first-order chi connectivity index (χ1) is 9.09. The van der Waals surface area contributed by atoms with Gasteiger partial charge in [-0.05, 0) is 23.8 Å². The SMILES string of the molecule is CCCCC(NCC(C)(C)CCO)c1ccccc1. The third-order valence-corrected chi connectivity index (χ3v) is 3.66. The fraction of sp³-hybridized carbons (Fsp3) is 0.647. The van der Waals surface area contributed by atoms with E-state index in [0.29, 0.717) is 6.04 Å². The van der Waals surface area contributed by atoms with E-state index >= 15 is 0 Å². The van der Waals surface area contributed by atoms with E-state index in [4.69, 9.17) is 5.11 Å². The van der Waals surface area contributed by atoms with Crippen molar-refractivity contribution in [2.24, 2.45) is 5.41 Å². The molecule has 0 saturated heterocycles. The fourth-order valence-electron chi connectivity index (χ4n) is 2.27. The summed E-state index contributed by atoms with van der Waals surface area (Å²) in [5.74, 6) is 0. The molecule has 2 heteroatoms. The molecule has 1 aromatic rings. The van der Waals surface area contributed by atoms with Crippen molar-refractivity contribution in [1.29, 1.82) is 0 Å². The highest BCUT2D eigenvalue weighted by Gasteiger charge is 2.19. The van der Waals surface area contributed by atoms with E-state index < -0.39 is 0 Å². The number of nitrogens with one attached hydrogen (secondary N) is 1. The van der Waals surface area contributed by atoms with Gasteiger partial charge in [-0.1, -0.05) is 63.9 Å². The molecule has 2 N–H and O–H groups in total. The van der Waals surface area contributed by atoms with Gasteiger partial charge in [-0.3, -0.25) is 0 Å². The average Bonchev–Trinajstić information content (AvgIpc) is 2.40. The molecule has 0 aliphatic rings. The van der Waals surface area contributed by atoms with Crippen LogP contribution >= 0.6 is 0 Å². The Bertz CT molecular complexity index is 334. The second kappa shape index (κ2) is 8.34. The molecule has 0 saturated carbocycles. The van der Waals surface area contributed by atoms with Gasteiger partial charge in [-0.25, -0.2) is 0 Å². The summed E-state index contributed by atoms with van der Waals surface area (Å²) in [5, 5.41) is 12.8. The predicted octanol–water partition coefficient (Wildman–Crippen LogP) is 3.92. The lowest BCUT2D eigenvalue weighted by Gasteiger charge is -2.28. The maximum absolute atomic E-state index is 9.10. The normalized spacial score (nSPS) is 13.5. The molecule has 108 valence electrons. The zero-order chi connectivity index (χ0) is 14.1. The van der Waals surface area contributed by atoms with E-state index in [-0.39, 0.29) is 12.0 Å². The topological polar surface area (TPSA) is 32.3 Å². The lowest BCUT2D eigenvalue weighted by molar-refractivity contribution is 0.201. The van der Waals surface area contributed by atoms with Crippen LogP contribution in [-0.4, -0.2) is 18.3 Å². The van der Waals surface area contributed by atoms with Gasteiger partial charge in [0, 0.05) is 19.2 Å². The second-order valence-corrected chi connectivity index (χ2v) is 6.12. The van der Waals surface area contributed by atoms with Crippen LogP contribution in [0.3, 0.4) is 0 Å². The summed E-state index contributed by atoms with van der Waals surface area (Å²) >= 11 is 0. The van der Waals surface area contributed by atoms with Crippen molar-refractivity contribution in [3.8, 4) is 0 Å². The molecule has 0 amide bonds. The predicted molar refractivity (Wildman–Crippen MR) is 82.2 cm³/mol. The number of aliphatic hydroxyl groups excluding tert-OH is 1. The van der Waals surface area contributed by atoms with E-state index in [0.717, 1.165) is 13.0 Å². The molecule has 0 fully saturated rings. The third kappa shape index (κ3) is 6.22. The molecule has 0 aliphatic heterocycles. The van der Waals surface area contributed by atoms with Crippen LogP contribution in [0, 0.1) is 5.41 Å². The summed E-state index contributed by atoms with van der Waals surface area (Å²) in [6.45, 7) is 7.85. The van der Waals surface area contributed by atoms with Crippen molar-refractivity contribution in [3.05, 3.63) is 35.9 Å². The largest absolute Gasteiger partial charge is 0.396 e. The van der Waals surface area contributed by atoms with E-state index in [1.165, 1.54) is 24.8 Å². The van der Waals surface area contributed by atoms with Crippen molar-refractivity contribution in [2.45, 2.75) is 52.5 Å². The van der Waals surface area contributed by atoms with E-state index in [9.17, 15) is 0 Å². The number of benzene rings is 1. The lowest BCUT2D eigenvalue weighted by atomic mass is 9.88. The Kier molecular flexibility index (Phi) is 7.11. The first-order valence-corrected chi connectivity index (χ1v) is 7.48. The minimum atomic E-state index is 0.147. The third-order valence-electron chi connectivity index (χ3n) is 3.66. The molecule has 0 spiro atoms. The van der Waals surface area contributed by atoms with Crippen LogP contribution in [0.15, 0.2) is 30.3 Å². The van der Waals surface area contributed by atoms with Crippen molar-refractivity contribution in [3.63, 3.8) is 0 Å². The minimum absolute atomic E-state index is 0.147.